The summed E-state index contributed by atoms with van der Waals surface area (Å²) < 4.78 is 0. The van der Waals surface area contributed by atoms with Crippen LogP contribution in [-0.2, 0) is 11.3 Å². The van der Waals surface area contributed by atoms with Crippen molar-refractivity contribution in [2.45, 2.75) is 19.5 Å². The van der Waals surface area contributed by atoms with E-state index in [1.54, 1.807) is 23.5 Å². The molecule has 0 spiro atoms. The number of anilines is 1. The zero-order chi connectivity index (χ0) is 16.9. The van der Waals surface area contributed by atoms with Crippen LogP contribution in [0.4, 0.5) is 5.69 Å². The Hall–Kier alpha value is -1.40. The van der Waals surface area contributed by atoms with Crippen molar-refractivity contribution in [2.24, 2.45) is 0 Å². The number of amides is 1. The number of thiophene rings is 1. The van der Waals surface area contributed by atoms with Crippen LogP contribution in [0.2, 0.25) is 5.02 Å². The maximum Gasteiger partial charge on any atom is 0.241 e. The second kappa shape index (κ2) is 8.12. The van der Waals surface area contributed by atoms with Crippen LogP contribution in [0.25, 0.3) is 0 Å². The van der Waals surface area contributed by atoms with Gasteiger partial charge in [0.25, 0.3) is 0 Å². The van der Waals surface area contributed by atoms with Gasteiger partial charge in [0.05, 0.1) is 6.04 Å². The smallest absolute Gasteiger partial charge is 0.241 e. The second-order valence-electron chi connectivity index (χ2n) is 6.12. The van der Waals surface area contributed by atoms with Gasteiger partial charge in [-0.2, -0.15) is 11.3 Å². The van der Waals surface area contributed by atoms with Gasteiger partial charge in [-0.25, -0.2) is 0 Å². The van der Waals surface area contributed by atoms with E-state index < -0.39 is 0 Å². The van der Waals surface area contributed by atoms with Gasteiger partial charge in [-0.05, 0) is 53.6 Å². The molecule has 0 radical (unpaired) electrons. The van der Waals surface area contributed by atoms with Gasteiger partial charge in [0, 0.05) is 43.4 Å². The topological polar surface area (TPSA) is 35.6 Å². The molecule has 0 saturated carbocycles. The van der Waals surface area contributed by atoms with Crippen LogP contribution < -0.4 is 5.32 Å². The lowest BCUT2D eigenvalue weighted by Crippen LogP contribution is -2.52. The molecule has 3 rings (SSSR count). The number of hydrogen-bond acceptors (Lipinski definition) is 4. The number of nitrogens with one attached hydrogen (secondary N) is 1. The Morgan fingerprint density at radius 3 is 2.54 bits per heavy atom. The number of benzene rings is 1. The second-order valence-corrected chi connectivity index (χ2v) is 7.33. The number of rotatable bonds is 5. The predicted octanol–water partition coefficient (Wildman–Crippen LogP) is 3.55. The fourth-order valence-corrected chi connectivity index (χ4v) is 3.68. The minimum atomic E-state index is -0.135. The Morgan fingerprint density at radius 1 is 1.21 bits per heavy atom. The largest absolute Gasteiger partial charge is 0.325 e. The van der Waals surface area contributed by atoms with Gasteiger partial charge >= 0.3 is 0 Å². The molecular weight excluding hydrogens is 342 g/mol. The van der Waals surface area contributed by atoms with Crippen LogP contribution in [0, 0.1) is 0 Å². The lowest BCUT2D eigenvalue weighted by molar-refractivity contribution is -0.121. The van der Waals surface area contributed by atoms with E-state index in [1.807, 2.05) is 19.1 Å². The van der Waals surface area contributed by atoms with Crippen molar-refractivity contribution in [1.82, 2.24) is 9.80 Å². The van der Waals surface area contributed by atoms with Crippen LogP contribution in [0.5, 0.6) is 0 Å². The molecule has 128 valence electrons. The highest BCUT2D eigenvalue weighted by molar-refractivity contribution is 7.07. The van der Waals surface area contributed by atoms with Crippen molar-refractivity contribution in [1.29, 1.82) is 0 Å². The Morgan fingerprint density at radius 2 is 1.92 bits per heavy atom. The first-order valence-corrected chi connectivity index (χ1v) is 9.48. The summed E-state index contributed by atoms with van der Waals surface area (Å²) in [6.07, 6.45) is 0. The number of piperazine rings is 1. The summed E-state index contributed by atoms with van der Waals surface area (Å²) in [5, 5.41) is 7.95. The molecule has 1 aliphatic heterocycles. The molecule has 1 amide bonds. The van der Waals surface area contributed by atoms with Gasteiger partial charge in [-0.3, -0.25) is 14.6 Å². The molecule has 0 unspecified atom stereocenters. The predicted molar refractivity (Wildman–Crippen MR) is 101 cm³/mol. The summed E-state index contributed by atoms with van der Waals surface area (Å²) in [6, 6.07) is 9.26. The summed E-state index contributed by atoms with van der Waals surface area (Å²) in [7, 11) is 0. The quantitative estimate of drug-likeness (QED) is 0.882. The minimum Gasteiger partial charge on any atom is -0.325 e. The monoisotopic (exact) mass is 363 g/mol. The maximum atomic E-state index is 12.4. The van der Waals surface area contributed by atoms with Gasteiger partial charge in [0.2, 0.25) is 5.91 Å². The highest BCUT2D eigenvalue weighted by Crippen LogP contribution is 2.16. The maximum absolute atomic E-state index is 12.4. The van der Waals surface area contributed by atoms with Crippen molar-refractivity contribution in [3.8, 4) is 0 Å². The molecule has 2 heterocycles. The summed E-state index contributed by atoms with van der Waals surface area (Å²) in [5.74, 6) is 0.0311. The first kappa shape index (κ1) is 17.4. The van der Waals surface area contributed by atoms with E-state index in [1.165, 1.54) is 5.56 Å². The van der Waals surface area contributed by atoms with Gasteiger partial charge < -0.3 is 5.32 Å². The normalized spacial score (nSPS) is 17.6. The summed E-state index contributed by atoms with van der Waals surface area (Å²) in [4.78, 5) is 17.1. The van der Waals surface area contributed by atoms with Crippen molar-refractivity contribution in [3.63, 3.8) is 0 Å². The molecule has 6 heteroatoms. The number of halogens is 1. The molecular formula is C18H22ClN3OS. The van der Waals surface area contributed by atoms with Gasteiger partial charge in [-0.15, -0.1) is 0 Å². The first-order valence-electron chi connectivity index (χ1n) is 8.16. The SMILES string of the molecule is C[C@H](C(=O)Nc1ccc(Cl)cc1)N1CCN(Cc2ccsc2)CC1. The van der Waals surface area contributed by atoms with E-state index in [2.05, 4.69) is 31.9 Å². The van der Waals surface area contributed by atoms with E-state index >= 15 is 0 Å². The standard InChI is InChI=1S/C18H22ClN3OS/c1-14(18(23)20-17-4-2-16(19)3-5-17)22-9-7-21(8-10-22)12-15-6-11-24-13-15/h2-6,11,13-14H,7-10,12H2,1H3,(H,20,23)/t14-/m1/s1. The first-order chi connectivity index (χ1) is 11.6. The molecule has 0 aliphatic carbocycles. The molecule has 0 bridgehead atoms. The minimum absolute atomic E-state index is 0.0311. The van der Waals surface area contributed by atoms with Gasteiger partial charge in [0.15, 0.2) is 0 Å². The highest BCUT2D eigenvalue weighted by Gasteiger charge is 2.25. The molecule has 1 fully saturated rings. The summed E-state index contributed by atoms with van der Waals surface area (Å²) in [6.45, 7) is 6.80. The Labute approximate surface area is 152 Å². The fraction of sp³-hybridized carbons (Fsp3) is 0.389. The Balaban J connectivity index is 1.48. The third-order valence-corrected chi connectivity index (χ3v) is 5.42. The van der Waals surface area contributed by atoms with E-state index in [0.29, 0.717) is 5.02 Å². The van der Waals surface area contributed by atoms with Crippen molar-refractivity contribution >= 4 is 34.5 Å². The Kier molecular flexibility index (Phi) is 5.89. The van der Waals surface area contributed by atoms with Crippen LogP contribution in [0.1, 0.15) is 12.5 Å². The average Bonchev–Trinajstić information content (AvgIpc) is 3.10. The van der Waals surface area contributed by atoms with Crippen molar-refractivity contribution in [2.75, 3.05) is 31.5 Å². The Bertz CT molecular complexity index is 651. The summed E-state index contributed by atoms with van der Waals surface area (Å²) >= 11 is 7.61. The zero-order valence-corrected chi connectivity index (χ0v) is 15.3. The lowest BCUT2D eigenvalue weighted by atomic mass is 10.2. The van der Waals surface area contributed by atoms with E-state index in [4.69, 9.17) is 11.6 Å². The van der Waals surface area contributed by atoms with E-state index in [-0.39, 0.29) is 11.9 Å². The molecule has 2 aromatic rings. The third kappa shape index (κ3) is 4.57. The molecule has 1 N–H and O–H groups in total. The fourth-order valence-electron chi connectivity index (χ4n) is 2.90. The van der Waals surface area contributed by atoms with Crippen LogP contribution in [0.15, 0.2) is 41.1 Å². The molecule has 1 saturated heterocycles. The highest BCUT2D eigenvalue weighted by atomic mass is 35.5. The van der Waals surface area contributed by atoms with Crippen LogP contribution >= 0.6 is 22.9 Å². The van der Waals surface area contributed by atoms with E-state index in [9.17, 15) is 4.79 Å². The molecule has 1 atom stereocenters. The number of nitrogens with zero attached hydrogens (tertiary/aromatic N) is 2. The van der Waals surface area contributed by atoms with Gasteiger partial charge in [-0.1, -0.05) is 11.6 Å². The lowest BCUT2D eigenvalue weighted by Gasteiger charge is -2.37. The third-order valence-electron chi connectivity index (χ3n) is 4.43. The summed E-state index contributed by atoms with van der Waals surface area (Å²) in [5.41, 5.74) is 2.16. The average molecular weight is 364 g/mol. The van der Waals surface area contributed by atoms with E-state index in [0.717, 1.165) is 38.4 Å². The van der Waals surface area contributed by atoms with Crippen molar-refractivity contribution in [3.05, 3.63) is 51.7 Å². The van der Waals surface area contributed by atoms with Crippen LogP contribution in [0.3, 0.4) is 0 Å². The molecule has 1 aromatic heterocycles. The van der Waals surface area contributed by atoms with Crippen molar-refractivity contribution < 1.29 is 4.79 Å². The molecule has 1 aromatic carbocycles. The van der Waals surface area contributed by atoms with Gasteiger partial charge in [0.1, 0.15) is 0 Å². The molecule has 4 nitrogen and oxygen atoms in total. The van der Waals surface area contributed by atoms with Crippen LogP contribution in [-0.4, -0.2) is 47.9 Å². The number of hydrogen-bond donors (Lipinski definition) is 1. The molecule has 1 aliphatic rings. The molecule has 24 heavy (non-hydrogen) atoms. The zero-order valence-electron chi connectivity index (χ0n) is 13.7. The number of carbonyl (C=O) groups is 1. The number of carbonyl (C=O) groups excluding carboxylic acids is 1.